The molecule has 68 valence electrons. The molecule has 0 bridgehead atoms. The van der Waals surface area contributed by atoms with E-state index in [1.807, 2.05) is 0 Å². The lowest BCUT2D eigenvalue weighted by Crippen LogP contribution is -2.03. The van der Waals surface area contributed by atoms with Crippen LogP contribution in [0.25, 0.3) is 10.2 Å². The second-order valence-corrected chi connectivity index (χ2v) is 3.24. The summed E-state index contributed by atoms with van der Waals surface area (Å²) in [5.41, 5.74) is -0.163. The summed E-state index contributed by atoms with van der Waals surface area (Å²) in [6.07, 6.45) is -4.29. The van der Waals surface area contributed by atoms with E-state index in [1.165, 1.54) is 6.07 Å². The summed E-state index contributed by atoms with van der Waals surface area (Å²) in [7, 11) is 0. The number of alkyl halides is 3. The molecule has 0 atom stereocenters. The molecule has 0 aliphatic carbocycles. The van der Waals surface area contributed by atoms with Crippen molar-refractivity contribution in [3.8, 4) is 0 Å². The third kappa shape index (κ3) is 1.49. The van der Waals surface area contributed by atoms with Crippen molar-refractivity contribution in [2.75, 3.05) is 0 Å². The van der Waals surface area contributed by atoms with E-state index in [2.05, 4.69) is 9.59 Å². The molecule has 0 fully saturated rings. The van der Waals surface area contributed by atoms with Crippen LogP contribution in [0.3, 0.4) is 0 Å². The molecular formula is C7H3F3N2S. The van der Waals surface area contributed by atoms with Gasteiger partial charge in [-0.25, -0.2) is 0 Å². The Labute approximate surface area is 75.2 Å². The molecule has 0 aliphatic rings. The summed E-state index contributed by atoms with van der Waals surface area (Å²) < 4.78 is 40.6. The Morgan fingerprint density at radius 1 is 1.23 bits per heavy atom. The molecule has 1 aromatic heterocycles. The summed E-state index contributed by atoms with van der Waals surface area (Å²) in [5.74, 6) is 0. The van der Waals surface area contributed by atoms with E-state index >= 15 is 0 Å². The SMILES string of the molecule is FC(F)(F)c1ccc2nnsc2c1. The summed E-state index contributed by atoms with van der Waals surface area (Å²) in [4.78, 5) is 0. The molecule has 2 nitrogen and oxygen atoms in total. The molecule has 2 rings (SSSR count). The van der Waals surface area contributed by atoms with Crippen molar-refractivity contribution < 1.29 is 13.2 Å². The molecule has 0 radical (unpaired) electrons. The summed E-state index contributed by atoms with van der Waals surface area (Å²) in [6, 6.07) is 3.38. The van der Waals surface area contributed by atoms with Crippen molar-refractivity contribution >= 4 is 21.7 Å². The molecule has 2 aromatic rings. The van der Waals surface area contributed by atoms with E-state index in [1.54, 1.807) is 0 Å². The Morgan fingerprint density at radius 3 is 2.69 bits per heavy atom. The summed E-state index contributed by atoms with van der Waals surface area (Å²) in [5, 5.41) is 3.64. The minimum absolute atomic E-state index is 0.454. The smallest absolute Gasteiger partial charge is 0.166 e. The first-order chi connectivity index (χ1) is 6.07. The van der Waals surface area contributed by atoms with Gasteiger partial charge in [-0.05, 0) is 29.7 Å². The fraction of sp³-hybridized carbons (Fsp3) is 0.143. The van der Waals surface area contributed by atoms with Gasteiger partial charge in [-0.2, -0.15) is 13.2 Å². The number of nitrogens with zero attached hydrogens (tertiary/aromatic N) is 2. The molecule has 0 N–H and O–H groups in total. The van der Waals surface area contributed by atoms with Gasteiger partial charge in [0.1, 0.15) is 5.52 Å². The Balaban J connectivity index is 2.61. The van der Waals surface area contributed by atoms with E-state index < -0.39 is 11.7 Å². The van der Waals surface area contributed by atoms with Crippen molar-refractivity contribution in [1.29, 1.82) is 0 Å². The van der Waals surface area contributed by atoms with Crippen LogP contribution in [0.5, 0.6) is 0 Å². The number of aromatic nitrogens is 2. The Bertz CT molecular complexity index is 434. The number of fused-ring (bicyclic) bond motifs is 1. The number of hydrogen-bond acceptors (Lipinski definition) is 3. The molecular weight excluding hydrogens is 201 g/mol. The molecule has 0 spiro atoms. The van der Waals surface area contributed by atoms with Crippen LogP contribution in [0.2, 0.25) is 0 Å². The lowest BCUT2D eigenvalue weighted by Gasteiger charge is -2.04. The van der Waals surface area contributed by atoms with Crippen molar-refractivity contribution in [1.82, 2.24) is 9.59 Å². The number of halogens is 3. The van der Waals surface area contributed by atoms with Crippen LogP contribution < -0.4 is 0 Å². The predicted molar refractivity (Wildman–Crippen MR) is 42.4 cm³/mol. The average Bonchev–Trinajstić information content (AvgIpc) is 2.47. The molecule has 0 unspecified atom stereocenters. The molecule has 1 aromatic carbocycles. The minimum atomic E-state index is -4.29. The monoisotopic (exact) mass is 204 g/mol. The van der Waals surface area contributed by atoms with E-state index in [0.29, 0.717) is 10.2 Å². The third-order valence-corrected chi connectivity index (χ3v) is 2.26. The lowest BCUT2D eigenvalue weighted by molar-refractivity contribution is -0.137. The number of benzene rings is 1. The normalized spacial score (nSPS) is 12.2. The van der Waals surface area contributed by atoms with Crippen LogP contribution in [-0.4, -0.2) is 9.59 Å². The highest BCUT2D eigenvalue weighted by molar-refractivity contribution is 7.12. The Morgan fingerprint density at radius 2 is 2.00 bits per heavy atom. The zero-order chi connectivity index (χ0) is 9.47. The largest absolute Gasteiger partial charge is 0.416 e. The highest BCUT2D eigenvalue weighted by Crippen LogP contribution is 2.31. The third-order valence-electron chi connectivity index (χ3n) is 1.57. The second kappa shape index (κ2) is 2.66. The van der Waals surface area contributed by atoms with Gasteiger partial charge in [0.25, 0.3) is 0 Å². The van der Waals surface area contributed by atoms with E-state index in [4.69, 9.17) is 0 Å². The van der Waals surface area contributed by atoms with E-state index in [0.717, 1.165) is 23.7 Å². The zero-order valence-electron chi connectivity index (χ0n) is 6.17. The lowest BCUT2D eigenvalue weighted by atomic mass is 10.2. The van der Waals surface area contributed by atoms with Gasteiger partial charge in [-0.1, -0.05) is 4.49 Å². The first-order valence-corrected chi connectivity index (χ1v) is 4.14. The van der Waals surface area contributed by atoms with Gasteiger partial charge in [0.2, 0.25) is 0 Å². The van der Waals surface area contributed by atoms with Gasteiger partial charge in [0, 0.05) is 0 Å². The maximum Gasteiger partial charge on any atom is 0.416 e. The van der Waals surface area contributed by atoms with Crippen LogP contribution in [0.1, 0.15) is 5.56 Å². The molecule has 6 heteroatoms. The maximum absolute atomic E-state index is 12.2. The van der Waals surface area contributed by atoms with Crippen LogP contribution in [-0.2, 0) is 6.18 Å². The van der Waals surface area contributed by atoms with Crippen molar-refractivity contribution in [3.63, 3.8) is 0 Å². The number of rotatable bonds is 0. The first-order valence-electron chi connectivity index (χ1n) is 3.37. The Kier molecular flexibility index (Phi) is 1.73. The van der Waals surface area contributed by atoms with Gasteiger partial charge in [-0.15, -0.1) is 5.10 Å². The van der Waals surface area contributed by atoms with Gasteiger partial charge >= 0.3 is 6.18 Å². The quantitative estimate of drug-likeness (QED) is 0.659. The number of hydrogen-bond donors (Lipinski definition) is 0. The first kappa shape index (κ1) is 8.43. The average molecular weight is 204 g/mol. The highest BCUT2D eigenvalue weighted by Gasteiger charge is 2.30. The van der Waals surface area contributed by atoms with Crippen LogP contribution >= 0.6 is 11.5 Å². The fourth-order valence-electron chi connectivity index (χ4n) is 0.955. The fourth-order valence-corrected chi connectivity index (χ4v) is 1.55. The highest BCUT2D eigenvalue weighted by atomic mass is 32.1. The molecule has 0 amide bonds. The molecule has 0 saturated carbocycles. The summed E-state index contributed by atoms with van der Waals surface area (Å²) in [6.45, 7) is 0. The molecule has 0 saturated heterocycles. The topological polar surface area (TPSA) is 25.8 Å². The molecule has 1 heterocycles. The Hall–Kier alpha value is -1.17. The van der Waals surface area contributed by atoms with E-state index in [9.17, 15) is 13.2 Å². The van der Waals surface area contributed by atoms with Crippen molar-refractivity contribution in [3.05, 3.63) is 23.8 Å². The van der Waals surface area contributed by atoms with Crippen molar-refractivity contribution in [2.24, 2.45) is 0 Å². The van der Waals surface area contributed by atoms with Gasteiger partial charge < -0.3 is 0 Å². The van der Waals surface area contributed by atoms with Crippen LogP contribution in [0.15, 0.2) is 18.2 Å². The molecule has 0 aliphatic heterocycles. The second-order valence-electron chi connectivity index (χ2n) is 2.45. The standard InChI is InChI=1S/C7H3F3N2S/c8-7(9,10)4-1-2-5-6(3-4)13-12-11-5/h1-3H. The molecule has 13 heavy (non-hydrogen) atoms. The van der Waals surface area contributed by atoms with Gasteiger partial charge in [-0.3, -0.25) is 0 Å². The van der Waals surface area contributed by atoms with Crippen LogP contribution in [0, 0.1) is 0 Å². The zero-order valence-corrected chi connectivity index (χ0v) is 6.99. The summed E-state index contributed by atoms with van der Waals surface area (Å²) >= 11 is 0.956. The van der Waals surface area contributed by atoms with Crippen molar-refractivity contribution in [2.45, 2.75) is 6.18 Å². The van der Waals surface area contributed by atoms with Crippen LogP contribution in [0.4, 0.5) is 13.2 Å². The van der Waals surface area contributed by atoms with E-state index in [-0.39, 0.29) is 0 Å². The minimum Gasteiger partial charge on any atom is -0.166 e. The maximum atomic E-state index is 12.2. The van der Waals surface area contributed by atoms with Gasteiger partial charge in [0.05, 0.1) is 10.3 Å². The van der Waals surface area contributed by atoms with Gasteiger partial charge in [0.15, 0.2) is 0 Å². The predicted octanol–water partition coefficient (Wildman–Crippen LogP) is 2.71.